The molecule has 1 N–H and O–H groups in total. The predicted octanol–water partition coefficient (Wildman–Crippen LogP) is 3.05. The molecule has 2 heterocycles. The first-order valence-electron chi connectivity index (χ1n) is 7.60. The maximum atomic E-state index is 5.61. The van der Waals surface area contributed by atoms with Gasteiger partial charge in [-0.15, -0.1) is 0 Å². The molecule has 2 rings (SSSR count). The summed E-state index contributed by atoms with van der Waals surface area (Å²) in [6.45, 7) is 10.8. The van der Waals surface area contributed by atoms with Crippen molar-refractivity contribution >= 4 is 6.01 Å². The van der Waals surface area contributed by atoms with Crippen LogP contribution in [0, 0.1) is 11.8 Å². The number of nitrogens with one attached hydrogen (secondary N) is 1. The Labute approximate surface area is 116 Å². The fourth-order valence-electron chi connectivity index (χ4n) is 2.67. The van der Waals surface area contributed by atoms with Crippen molar-refractivity contribution in [3.63, 3.8) is 0 Å². The Hall–Kier alpha value is -1.03. The highest BCUT2D eigenvalue weighted by Gasteiger charge is 2.23. The molecule has 0 saturated carbocycles. The quantitative estimate of drug-likeness (QED) is 0.803. The van der Waals surface area contributed by atoms with Crippen LogP contribution in [0.2, 0.25) is 0 Å². The van der Waals surface area contributed by atoms with Crippen LogP contribution in [0.5, 0.6) is 0 Å². The summed E-state index contributed by atoms with van der Waals surface area (Å²) < 4.78 is 5.61. The van der Waals surface area contributed by atoms with E-state index in [1.165, 1.54) is 12.8 Å². The van der Waals surface area contributed by atoms with Gasteiger partial charge in [0.05, 0.1) is 5.69 Å². The minimum absolute atomic E-state index is 0.792. The van der Waals surface area contributed by atoms with E-state index in [9.17, 15) is 0 Å². The fourth-order valence-corrected chi connectivity index (χ4v) is 2.67. The van der Waals surface area contributed by atoms with E-state index in [2.05, 4.69) is 36.0 Å². The van der Waals surface area contributed by atoms with E-state index < -0.39 is 0 Å². The van der Waals surface area contributed by atoms with Gasteiger partial charge in [0.2, 0.25) is 0 Å². The monoisotopic (exact) mass is 265 g/mol. The summed E-state index contributed by atoms with van der Waals surface area (Å²) in [4.78, 5) is 6.85. The maximum Gasteiger partial charge on any atom is 0.297 e. The molecule has 1 aliphatic heterocycles. The molecule has 1 aliphatic rings. The number of nitrogens with zero attached hydrogens (tertiary/aromatic N) is 2. The van der Waals surface area contributed by atoms with Gasteiger partial charge >= 0.3 is 0 Å². The average molecular weight is 265 g/mol. The fraction of sp³-hybridized carbons (Fsp3) is 0.800. The Bertz CT molecular complexity index is 367. The molecular weight excluding hydrogens is 238 g/mol. The molecule has 0 bridgehead atoms. The average Bonchev–Trinajstić information content (AvgIpc) is 2.88. The van der Waals surface area contributed by atoms with Gasteiger partial charge in [-0.3, -0.25) is 0 Å². The van der Waals surface area contributed by atoms with Crippen LogP contribution in [-0.4, -0.2) is 24.6 Å². The van der Waals surface area contributed by atoms with Gasteiger partial charge in [0.1, 0.15) is 6.26 Å². The molecular formula is C15H27N3O. The van der Waals surface area contributed by atoms with E-state index in [0.29, 0.717) is 0 Å². The standard InChI is InChI=1S/C15H27N3O/c1-4-7-16-10-14-11-19-15(17-14)18-8-5-13(6-9-18)12(2)3/h11-13,16H,4-10H2,1-3H3. The molecule has 108 valence electrons. The maximum absolute atomic E-state index is 5.61. The second-order valence-electron chi connectivity index (χ2n) is 5.87. The van der Waals surface area contributed by atoms with Crippen LogP contribution in [0.3, 0.4) is 0 Å². The molecule has 1 fully saturated rings. The summed E-state index contributed by atoms with van der Waals surface area (Å²) >= 11 is 0. The molecule has 0 atom stereocenters. The van der Waals surface area contributed by atoms with E-state index >= 15 is 0 Å². The third kappa shape index (κ3) is 3.96. The summed E-state index contributed by atoms with van der Waals surface area (Å²) in [6.07, 6.45) is 5.44. The summed E-state index contributed by atoms with van der Waals surface area (Å²) in [6, 6.07) is 0.801. The molecule has 4 heteroatoms. The molecule has 0 radical (unpaired) electrons. The Kier molecular flexibility index (Phi) is 5.25. The number of anilines is 1. The van der Waals surface area contributed by atoms with Crippen molar-refractivity contribution in [2.45, 2.75) is 46.6 Å². The van der Waals surface area contributed by atoms with Crippen molar-refractivity contribution < 1.29 is 4.42 Å². The Morgan fingerprint density at radius 1 is 1.42 bits per heavy atom. The predicted molar refractivity (Wildman–Crippen MR) is 78.3 cm³/mol. The van der Waals surface area contributed by atoms with Crippen LogP contribution >= 0.6 is 0 Å². The number of hydrogen-bond acceptors (Lipinski definition) is 4. The van der Waals surface area contributed by atoms with Gasteiger partial charge in [0, 0.05) is 19.6 Å². The Balaban J connectivity index is 1.82. The number of rotatable bonds is 6. The van der Waals surface area contributed by atoms with Gasteiger partial charge in [-0.1, -0.05) is 20.8 Å². The van der Waals surface area contributed by atoms with E-state index in [1.807, 2.05) is 0 Å². The highest BCUT2D eigenvalue weighted by molar-refractivity contribution is 5.27. The highest BCUT2D eigenvalue weighted by atomic mass is 16.4. The van der Waals surface area contributed by atoms with Crippen LogP contribution in [0.25, 0.3) is 0 Å². The number of hydrogen-bond donors (Lipinski definition) is 1. The minimum Gasteiger partial charge on any atom is -0.432 e. The van der Waals surface area contributed by atoms with Crippen LogP contribution in [0.4, 0.5) is 6.01 Å². The van der Waals surface area contributed by atoms with Crippen molar-refractivity contribution in [3.05, 3.63) is 12.0 Å². The SMILES string of the molecule is CCCNCc1coc(N2CCC(C(C)C)CC2)n1. The van der Waals surface area contributed by atoms with Crippen LogP contribution in [0.1, 0.15) is 45.7 Å². The zero-order valence-electron chi connectivity index (χ0n) is 12.5. The van der Waals surface area contributed by atoms with Gasteiger partial charge in [0.15, 0.2) is 0 Å². The zero-order chi connectivity index (χ0) is 13.7. The Morgan fingerprint density at radius 3 is 2.79 bits per heavy atom. The highest BCUT2D eigenvalue weighted by Crippen LogP contribution is 2.27. The van der Waals surface area contributed by atoms with Gasteiger partial charge < -0.3 is 14.6 Å². The lowest BCUT2D eigenvalue weighted by atomic mass is 9.87. The van der Waals surface area contributed by atoms with Crippen molar-refractivity contribution in [2.75, 3.05) is 24.5 Å². The lowest BCUT2D eigenvalue weighted by molar-refractivity contribution is 0.304. The first kappa shape index (κ1) is 14.4. The molecule has 0 amide bonds. The zero-order valence-corrected chi connectivity index (χ0v) is 12.5. The van der Waals surface area contributed by atoms with Crippen LogP contribution < -0.4 is 10.2 Å². The van der Waals surface area contributed by atoms with Crippen molar-refractivity contribution in [1.29, 1.82) is 0 Å². The topological polar surface area (TPSA) is 41.3 Å². The van der Waals surface area contributed by atoms with Crippen molar-refractivity contribution in [1.82, 2.24) is 10.3 Å². The van der Waals surface area contributed by atoms with Crippen LogP contribution in [0.15, 0.2) is 10.7 Å². The van der Waals surface area contributed by atoms with E-state index in [0.717, 1.165) is 56.1 Å². The number of piperidine rings is 1. The van der Waals surface area contributed by atoms with Crippen molar-refractivity contribution in [3.8, 4) is 0 Å². The molecule has 1 aromatic heterocycles. The van der Waals surface area contributed by atoms with Gasteiger partial charge in [-0.25, -0.2) is 0 Å². The summed E-state index contributed by atoms with van der Waals surface area (Å²) in [5.74, 6) is 1.65. The first-order valence-corrected chi connectivity index (χ1v) is 7.60. The lowest BCUT2D eigenvalue weighted by Crippen LogP contribution is -2.35. The summed E-state index contributed by atoms with van der Waals surface area (Å²) in [7, 11) is 0. The number of oxazole rings is 1. The van der Waals surface area contributed by atoms with Crippen LogP contribution in [-0.2, 0) is 6.54 Å². The molecule has 1 aromatic rings. The summed E-state index contributed by atoms with van der Waals surface area (Å²) in [5, 5.41) is 3.35. The van der Waals surface area contributed by atoms with Crippen molar-refractivity contribution in [2.24, 2.45) is 11.8 Å². The largest absolute Gasteiger partial charge is 0.432 e. The molecule has 1 saturated heterocycles. The number of aromatic nitrogens is 1. The third-order valence-corrected chi connectivity index (χ3v) is 4.03. The Morgan fingerprint density at radius 2 is 2.16 bits per heavy atom. The molecule has 0 unspecified atom stereocenters. The van der Waals surface area contributed by atoms with Gasteiger partial charge in [-0.2, -0.15) is 4.98 Å². The molecule has 0 aliphatic carbocycles. The van der Waals surface area contributed by atoms with E-state index in [4.69, 9.17) is 4.42 Å². The van der Waals surface area contributed by atoms with Gasteiger partial charge in [0.25, 0.3) is 6.01 Å². The molecule has 0 aromatic carbocycles. The molecule has 4 nitrogen and oxygen atoms in total. The smallest absolute Gasteiger partial charge is 0.297 e. The molecule has 0 spiro atoms. The van der Waals surface area contributed by atoms with E-state index in [1.54, 1.807) is 6.26 Å². The summed E-state index contributed by atoms with van der Waals surface area (Å²) in [5.41, 5.74) is 1.01. The second kappa shape index (κ2) is 6.94. The first-order chi connectivity index (χ1) is 9.20. The minimum atomic E-state index is 0.792. The normalized spacial score (nSPS) is 17.4. The third-order valence-electron chi connectivity index (χ3n) is 4.03. The molecule has 19 heavy (non-hydrogen) atoms. The van der Waals surface area contributed by atoms with Gasteiger partial charge in [-0.05, 0) is 37.6 Å². The van der Waals surface area contributed by atoms with E-state index in [-0.39, 0.29) is 0 Å². The lowest BCUT2D eigenvalue weighted by Gasteiger charge is -2.32. The second-order valence-corrected chi connectivity index (χ2v) is 5.87.